The smallest absolute Gasteiger partial charge is 0.335 e. The topological polar surface area (TPSA) is 609 Å². The molecule has 0 amide bonds. The molecule has 0 saturated carbocycles. The number of rotatable bonds is 16. The highest BCUT2D eigenvalue weighted by Gasteiger charge is 2.60. The number of hydrogen-bond acceptors (Lipinski definition) is 31. The fraction of sp³-hybridized carbons (Fsp3) is 0.833. The quantitative estimate of drug-likeness (QED) is 0.0682. The van der Waals surface area contributed by atoms with Crippen molar-refractivity contribution < 1.29 is 183 Å². The fourth-order valence-electron chi connectivity index (χ4n) is 8.34. The van der Waals surface area contributed by atoms with Gasteiger partial charge in [-0.3, -0.25) is 0 Å². The normalized spacial score (nSPS) is 49.6. The van der Waals surface area contributed by atoms with Crippen LogP contribution in [0, 0.1) is 0 Å². The fourth-order valence-corrected chi connectivity index (χ4v) is 8.34. The number of aliphatic hydroxyl groups excluding tert-OH is 14. The Morgan fingerprint density at radius 1 is 0.233 bits per heavy atom. The molecule has 6 fully saturated rings. The van der Waals surface area contributed by atoms with Crippen LogP contribution in [0.2, 0.25) is 0 Å². The highest BCUT2D eigenvalue weighted by Crippen LogP contribution is 2.37. The van der Waals surface area contributed by atoms with Crippen LogP contribution in [0.15, 0.2) is 0 Å². The van der Waals surface area contributed by atoms with Gasteiger partial charge < -0.3 is 154 Å². The molecule has 20 N–H and O–H groups in total. The van der Waals surface area contributed by atoms with Gasteiger partial charge in [-0.05, 0) is 0 Å². The van der Waals surface area contributed by atoms with Crippen molar-refractivity contribution >= 4 is 35.8 Å². The maximum atomic E-state index is 12.5. The van der Waals surface area contributed by atoms with E-state index in [2.05, 4.69) is 4.74 Å². The van der Waals surface area contributed by atoms with Crippen molar-refractivity contribution in [1.82, 2.24) is 0 Å². The summed E-state index contributed by atoms with van der Waals surface area (Å²) in [7, 11) is 0. The standard InChI is InChI=1S/C36H50O37/c37-1-2(38)19(25(50)51)69-32(9(1)45)65-15-4(40)11(47)34(71-21(15)27(54)55)67-17-6(42)13(49)36(73-23(17)29(58)59)68-18-7(43)12(48)35(72-24(18)30(60)61)66-16-5(41)10(46)33(70-22(16)28(56)57)64-14-3(39)8(44)31(62)63-20(14)26(52)53/h1-24,31-49,62H,(H,50,51)(H,52,53)(H,54,55)(H,56,57)(H,58,59)(H,60,61)/t1-,2-,3+,4+,5+,6+,7+,8-,9-,10-,11-,12-,13-,14-,15-,16-,17-,18-,19+,20+,21+,22+,23+,24+,31+,32+,33+,34+,35+,36+/m0/s1. The first-order chi connectivity index (χ1) is 34.0. The molecule has 6 aliphatic rings. The summed E-state index contributed by atoms with van der Waals surface area (Å²) in [5.41, 5.74) is 0. The van der Waals surface area contributed by atoms with Crippen LogP contribution in [0.4, 0.5) is 0 Å². The third-order valence-electron chi connectivity index (χ3n) is 12.2. The van der Waals surface area contributed by atoms with E-state index >= 15 is 0 Å². The van der Waals surface area contributed by atoms with Gasteiger partial charge in [-0.15, -0.1) is 0 Å². The summed E-state index contributed by atoms with van der Waals surface area (Å²) in [6, 6.07) is 0. The van der Waals surface area contributed by atoms with Crippen molar-refractivity contribution in [2.75, 3.05) is 0 Å². The van der Waals surface area contributed by atoms with Crippen LogP contribution in [-0.2, 0) is 80.9 Å². The Hall–Kier alpha value is -4.18. The average molecular weight is 1070 g/mol. The lowest BCUT2D eigenvalue weighted by atomic mass is 9.95. The third-order valence-corrected chi connectivity index (χ3v) is 12.2. The van der Waals surface area contributed by atoms with Crippen LogP contribution in [-0.4, -0.2) is 322 Å². The lowest BCUT2D eigenvalue weighted by Gasteiger charge is -2.48. The molecule has 0 aromatic heterocycles. The Morgan fingerprint density at radius 2 is 0.425 bits per heavy atom. The summed E-state index contributed by atoms with van der Waals surface area (Å²) in [6.45, 7) is 0. The van der Waals surface area contributed by atoms with Gasteiger partial charge in [-0.2, -0.15) is 0 Å². The highest BCUT2D eigenvalue weighted by atomic mass is 16.8. The van der Waals surface area contributed by atoms with Gasteiger partial charge in [0, 0.05) is 0 Å². The first-order valence-corrected chi connectivity index (χ1v) is 21.1. The van der Waals surface area contributed by atoms with Crippen LogP contribution in [0.1, 0.15) is 0 Å². The minimum Gasteiger partial charge on any atom is -0.479 e. The van der Waals surface area contributed by atoms with Gasteiger partial charge in [0.1, 0.15) is 110 Å². The minimum atomic E-state index is -2.64. The number of hydrogen-bond donors (Lipinski definition) is 20. The lowest BCUT2D eigenvalue weighted by molar-refractivity contribution is -0.386. The maximum absolute atomic E-state index is 12.5. The van der Waals surface area contributed by atoms with Gasteiger partial charge in [0.25, 0.3) is 0 Å². The zero-order chi connectivity index (χ0) is 54.6. The largest absolute Gasteiger partial charge is 0.479 e. The summed E-state index contributed by atoms with van der Waals surface area (Å²) in [5, 5.41) is 207. The van der Waals surface area contributed by atoms with Gasteiger partial charge in [-0.1, -0.05) is 0 Å². The van der Waals surface area contributed by atoms with Crippen LogP contribution < -0.4 is 0 Å². The summed E-state index contributed by atoms with van der Waals surface area (Å²) in [6.07, 6.45) is -73.7. The second kappa shape index (κ2) is 23.0. The molecule has 0 spiro atoms. The van der Waals surface area contributed by atoms with E-state index < -0.39 is 220 Å². The monoisotopic (exact) mass is 1070 g/mol. The molecular weight excluding hydrogens is 1020 g/mol. The Kier molecular flexibility index (Phi) is 18.3. The van der Waals surface area contributed by atoms with Crippen LogP contribution in [0.3, 0.4) is 0 Å². The summed E-state index contributed by atoms with van der Waals surface area (Å²) in [5.74, 6) is -12.2. The number of carboxylic acids is 6. The Bertz CT molecular complexity index is 1990. The number of carbonyl (C=O) groups is 6. The Morgan fingerprint density at radius 3 is 0.658 bits per heavy atom. The predicted octanol–water partition coefficient (Wildman–Crippen LogP) is -13.5. The van der Waals surface area contributed by atoms with Crippen molar-refractivity contribution in [3.63, 3.8) is 0 Å². The third kappa shape index (κ3) is 11.5. The van der Waals surface area contributed by atoms with Crippen molar-refractivity contribution in [2.24, 2.45) is 0 Å². The molecule has 30 atom stereocenters. The van der Waals surface area contributed by atoms with E-state index in [1.165, 1.54) is 0 Å². The van der Waals surface area contributed by atoms with Crippen LogP contribution >= 0.6 is 0 Å². The minimum absolute atomic E-state index is 1.90. The van der Waals surface area contributed by atoms with Crippen molar-refractivity contribution in [1.29, 1.82) is 0 Å². The molecule has 416 valence electrons. The second-order valence-corrected chi connectivity index (χ2v) is 17.0. The number of aliphatic hydroxyl groups is 14. The number of carboxylic acid groups (broad SMARTS) is 6. The molecule has 6 rings (SSSR count). The van der Waals surface area contributed by atoms with E-state index in [0.29, 0.717) is 0 Å². The second-order valence-electron chi connectivity index (χ2n) is 17.0. The maximum Gasteiger partial charge on any atom is 0.335 e. The molecule has 6 heterocycles. The van der Waals surface area contributed by atoms with Gasteiger partial charge in [0.15, 0.2) is 74.4 Å². The molecule has 0 bridgehead atoms. The van der Waals surface area contributed by atoms with E-state index in [-0.39, 0.29) is 0 Å². The molecule has 0 aromatic carbocycles. The molecule has 0 unspecified atom stereocenters. The van der Waals surface area contributed by atoms with Gasteiger partial charge in [0.05, 0.1) is 0 Å². The molecular formula is C36H50O37. The van der Waals surface area contributed by atoms with Crippen LogP contribution in [0.5, 0.6) is 0 Å². The zero-order valence-electron chi connectivity index (χ0n) is 36.2. The van der Waals surface area contributed by atoms with Gasteiger partial charge in [-0.25, -0.2) is 28.8 Å². The molecule has 0 aromatic rings. The molecule has 6 saturated heterocycles. The molecule has 0 aliphatic carbocycles. The average Bonchev–Trinajstić information content (AvgIpc) is 3.31. The Balaban J connectivity index is 1.13. The van der Waals surface area contributed by atoms with Crippen LogP contribution in [0.25, 0.3) is 0 Å². The van der Waals surface area contributed by atoms with Crippen molar-refractivity contribution in [3.05, 3.63) is 0 Å². The zero-order valence-corrected chi connectivity index (χ0v) is 36.2. The van der Waals surface area contributed by atoms with Crippen molar-refractivity contribution in [3.8, 4) is 0 Å². The summed E-state index contributed by atoms with van der Waals surface area (Å²) in [4.78, 5) is 72.8. The van der Waals surface area contributed by atoms with E-state index in [1.54, 1.807) is 0 Å². The predicted molar refractivity (Wildman–Crippen MR) is 202 cm³/mol. The molecule has 0 radical (unpaired) electrons. The van der Waals surface area contributed by atoms with E-state index in [1.807, 2.05) is 0 Å². The molecule has 37 heteroatoms. The first kappa shape index (κ1) is 58.1. The number of ether oxygens (including phenoxy) is 11. The molecule has 6 aliphatic heterocycles. The van der Waals surface area contributed by atoms with Crippen molar-refractivity contribution in [2.45, 2.75) is 184 Å². The number of aliphatic carboxylic acids is 6. The molecule has 37 nitrogen and oxygen atoms in total. The first-order valence-electron chi connectivity index (χ1n) is 21.1. The highest BCUT2D eigenvalue weighted by molar-refractivity contribution is 5.76. The van der Waals surface area contributed by atoms with Gasteiger partial charge in [0.2, 0.25) is 0 Å². The van der Waals surface area contributed by atoms with Gasteiger partial charge >= 0.3 is 35.8 Å². The van der Waals surface area contributed by atoms with E-state index in [4.69, 9.17) is 47.4 Å². The van der Waals surface area contributed by atoms with E-state index in [9.17, 15) is 131 Å². The summed E-state index contributed by atoms with van der Waals surface area (Å²) >= 11 is 0. The summed E-state index contributed by atoms with van der Waals surface area (Å²) < 4.78 is 56.5. The Labute approximate surface area is 403 Å². The SMILES string of the molecule is O=C(O)[C@@H]1O[C@@H](O[C@H]2[C@H](O)[C@H](O)[C@H](O[C@H]3[C@H](O)[C@H](O)[C@H](O[C@H]4[C@H](O)[C@H](O)[C@H](O[C@H]5[C@H](O)[C@H](O)[C@H](O[C@H]6[C@H](O)[C@H](O)[C@H](O)O[C@H]6C(=O)O)O[C@H]5C(=O)O)O[C@H]4C(=O)O)O[C@H]3C(=O)O)O[C@H]2C(=O)O)[C@@H](O)[C@@H](O)[C@@H]1O. The lowest BCUT2D eigenvalue weighted by Crippen LogP contribution is -2.69. The molecule has 73 heavy (non-hydrogen) atoms. The van der Waals surface area contributed by atoms with E-state index in [0.717, 1.165) is 0 Å².